The Morgan fingerprint density at radius 2 is 1.79 bits per heavy atom. The third-order valence-electron chi connectivity index (χ3n) is 6.86. The largest absolute Gasteiger partial charge is 0.496 e. The Kier molecular flexibility index (Phi) is 7.53. The lowest BCUT2D eigenvalue weighted by Crippen LogP contribution is -2.44. The lowest BCUT2D eigenvalue weighted by atomic mass is 9.75. The number of amides is 2. The lowest BCUT2D eigenvalue weighted by Gasteiger charge is -2.41. The Labute approximate surface area is 196 Å². The highest BCUT2D eigenvalue weighted by Crippen LogP contribution is 2.37. The van der Waals surface area contributed by atoms with Gasteiger partial charge in [0.2, 0.25) is 0 Å². The van der Waals surface area contributed by atoms with Crippen LogP contribution >= 0.6 is 0 Å². The quantitative estimate of drug-likeness (QED) is 0.614. The standard InChI is InChI=1S/C27H34N2O4/c1-3-16-33-25-17-21(28-26(30)22-10-6-7-11-24(22)32-2)12-13-23(25)27(31)29-15-14-19-8-4-5-9-20(19)18-29/h6-7,10-13,17,19-20H,3-5,8-9,14-16,18H2,1-2H3,(H,28,30)/t19-,20+/m1/s1. The topological polar surface area (TPSA) is 67.9 Å². The van der Waals surface area contributed by atoms with Crippen LogP contribution in [0.1, 0.15) is 66.2 Å². The van der Waals surface area contributed by atoms with Gasteiger partial charge in [-0.05, 0) is 55.4 Å². The van der Waals surface area contributed by atoms with E-state index in [9.17, 15) is 9.59 Å². The van der Waals surface area contributed by atoms with E-state index in [1.165, 1.54) is 25.7 Å². The molecule has 4 rings (SSSR count). The van der Waals surface area contributed by atoms with Gasteiger partial charge in [0.15, 0.2) is 0 Å². The first-order valence-electron chi connectivity index (χ1n) is 12.1. The van der Waals surface area contributed by atoms with E-state index in [0.29, 0.717) is 40.8 Å². The number of anilines is 1. The van der Waals surface area contributed by atoms with Crippen molar-refractivity contribution in [1.29, 1.82) is 0 Å². The lowest BCUT2D eigenvalue weighted by molar-refractivity contribution is 0.0517. The molecule has 1 saturated heterocycles. The van der Waals surface area contributed by atoms with Gasteiger partial charge in [0, 0.05) is 24.8 Å². The molecule has 0 radical (unpaired) electrons. The second kappa shape index (κ2) is 10.7. The highest BCUT2D eigenvalue weighted by atomic mass is 16.5. The second-order valence-corrected chi connectivity index (χ2v) is 9.06. The van der Waals surface area contributed by atoms with E-state index in [1.54, 1.807) is 43.5 Å². The van der Waals surface area contributed by atoms with E-state index in [2.05, 4.69) is 5.32 Å². The van der Waals surface area contributed by atoms with Gasteiger partial charge in [-0.1, -0.05) is 38.3 Å². The molecule has 33 heavy (non-hydrogen) atoms. The third kappa shape index (κ3) is 5.32. The number of carbonyl (C=O) groups is 2. The number of ether oxygens (including phenoxy) is 2. The predicted molar refractivity (Wildman–Crippen MR) is 129 cm³/mol. The Morgan fingerprint density at radius 1 is 1.00 bits per heavy atom. The summed E-state index contributed by atoms with van der Waals surface area (Å²) < 4.78 is 11.3. The summed E-state index contributed by atoms with van der Waals surface area (Å²) in [5.41, 5.74) is 1.60. The van der Waals surface area contributed by atoms with Gasteiger partial charge in [-0.15, -0.1) is 0 Å². The van der Waals surface area contributed by atoms with Gasteiger partial charge in [0.05, 0.1) is 24.8 Å². The van der Waals surface area contributed by atoms with E-state index in [-0.39, 0.29) is 11.8 Å². The van der Waals surface area contributed by atoms with Crippen molar-refractivity contribution in [2.75, 3.05) is 32.1 Å². The molecule has 1 aliphatic heterocycles. The van der Waals surface area contributed by atoms with Crippen LogP contribution in [0.4, 0.5) is 5.69 Å². The van der Waals surface area contributed by atoms with Crippen LogP contribution in [-0.4, -0.2) is 43.5 Å². The van der Waals surface area contributed by atoms with Crippen LogP contribution in [-0.2, 0) is 0 Å². The molecule has 6 heteroatoms. The number of nitrogens with one attached hydrogen (secondary N) is 1. The van der Waals surface area contributed by atoms with Crippen LogP contribution in [0, 0.1) is 11.8 Å². The number of likely N-dealkylation sites (tertiary alicyclic amines) is 1. The number of hydrogen-bond acceptors (Lipinski definition) is 4. The number of nitrogens with zero attached hydrogens (tertiary/aromatic N) is 1. The number of benzene rings is 2. The van der Waals surface area contributed by atoms with Crippen LogP contribution in [0.2, 0.25) is 0 Å². The van der Waals surface area contributed by atoms with Crippen LogP contribution in [0.25, 0.3) is 0 Å². The van der Waals surface area contributed by atoms with Gasteiger partial charge in [-0.2, -0.15) is 0 Å². The zero-order chi connectivity index (χ0) is 23.2. The third-order valence-corrected chi connectivity index (χ3v) is 6.86. The molecule has 2 aliphatic rings. The van der Waals surface area contributed by atoms with Gasteiger partial charge in [0.25, 0.3) is 11.8 Å². The zero-order valence-electron chi connectivity index (χ0n) is 19.6. The maximum atomic E-state index is 13.4. The monoisotopic (exact) mass is 450 g/mol. The normalized spacial score (nSPS) is 20.0. The zero-order valence-corrected chi connectivity index (χ0v) is 19.6. The molecule has 0 spiro atoms. The van der Waals surface area contributed by atoms with Gasteiger partial charge >= 0.3 is 0 Å². The molecule has 2 amide bonds. The van der Waals surface area contributed by atoms with E-state index in [4.69, 9.17) is 9.47 Å². The summed E-state index contributed by atoms with van der Waals surface area (Å²) in [6.45, 7) is 4.18. The molecule has 2 atom stereocenters. The number of fused-ring (bicyclic) bond motifs is 1. The van der Waals surface area contributed by atoms with Crippen molar-refractivity contribution in [2.45, 2.75) is 45.4 Å². The molecule has 1 aliphatic carbocycles. The smallest absolute Gasteiger partial charge is 0.259 e. The van der Waals surface area contributed by atoms with Crippen LogP contribution in [0.15, 0.2) is 42.5 Å². The van der Waals surface area contributed by atoms with Crippen molar-refractivity contribution < 1.29 is 19.1 Å². The molecule has 176 valence electrons. The number of para-hydroxylation sites is 1. The van der Waals surface area contributed by atoms with Crippen LogP contribution in [0.5, 0.6) is 11.5 Å². The SMILES string of the molecule is CCCOc1cc(NC(=O)c2ccccc2OC)ccc1C(=O)N1CC[C@H]2CCCC[C@H]2C1. The molecule has 1 saturated carbocycles. The van der Waals surface area contributed by atoms with Crippen LogP contribution < -0.4 is 14.8 Å². The predicted octanol–water partition coefficient (Wildman–Crippen LogP) is 5.39. The summed E-state index contributed by atoms with van der Waals surface area (Å²) in [5, 5.41) is 2.91. The second-order valence-electron chi connectivity index (χ2n) is 9.06. The Morgan fingerprint density at radius 3 is 2.58 bits per heavy atom. The van der Waals surface area contributed by atoms with Gasteiger partial charge in [-0.25, -0.2) is 0 Å². The summed E-state index contributed by atoms with van der Waals surface area (Å²) in [7, 11) is 1.54. The Hall–Kier alpha value is -3.02. The Balaban J connectivity index is 1.52. The summed E-state index contributed by atoms with van der Waals surface area (Å²) in [6.07, 6.45) is 7.05. The van der Waals surface area contributed by atoms with Gasteiger partial charge in [-0.3, -0.25) is 9.59 Å². The maximum Gasteiger partial charge on any atom is 0.259 e. The van der Waals surface area contributed by atoms with Gasteiger partial charge in [0.1, 0.15) is 11.5 Å². The minimum absolute atomic E-state index is 0.0210. The van der Waals surface area contributed by atoms with Crippen molar-refractivity contribution in [2.24, 2.45) is 11.8 Å². The summed E-state index contributed by atoms with van der Waals surface area (Å²) >= 11 is 0. The number of piperidine rings is 1. The highest BCUT2D eigenvalue weighted by Gasteiger charge is 2.34. The summed E-state index contributed by atoms with van der Waals surface area (Å²) in [5.74, 6) is 2.17. The molecule has 1 heterocycles. The van der Waals surface area contributed by atoms with Crippen molar-refractivity contribution in [3.05, 3.63) is 53.6 Å². The summed E-state index contributed by atoms with van der Waals surface area (Å²) in [6, 6.07) is 12.4. The van der Waals surface area contributed by atoms with E-state index >= 15 is 0 Å². The first-order valence-corrected chi connectivity index (χ1v) is 12.1. The molecular weight excluding hydrogens is 416 g/mol. The van der Waals surface area contributed by atoms with E-state index < -0.39 is 0 Å². The molecule has 0 unspecified atom stereocenters. The highest BCUT2D eigenvalue weighted by molar-refractivity contribution is 6.06. The molecule has 2 fully saturated rings. The average molecular weight is 451 g/mol. The molecule has 0 aromatic heterocycles. The summed E-state index contributed by atoms with van der Waals surface area (Å²) in [4.78, 5) is 28.2. The number of carbonyl (C=O) groups excluding carboxylic acids is 2. The molecule has 6 nitrogen and oxygen atoms in total. The van der Waals surface area contributed by atoms with Crippen molar-refractivity contribution in [3.63, 3.8) is 0 Å². The van der Waals surface area contributed by atoms with Gasteiger partial charge < -0.3 is 19.7 Å². The maximum absolute atomic E-state index is 13.4. The minimum Gasteiger partial charge on any atom is -0.496 e. The number of methoxy groups -OCH3 is 1. The van der Waals surface area contributed by atoms with Crippen molar-refractivity contribution >= 4 is 17.5 Å². The molecule has 0 bridgehead atoms. The van der Waals surface area contributed by atoms with E-state index in [1.807, 2.05) is 17.9 Å². The molecule has 2 aromatic rings. The molecule has 1 N–H and O–H groups in total. The number of rotatable bonds is 7. The molecule has 2 aromatic carbocycles. The fraction of sp³-hybridized carbons (Fsp3) is 0.481. The average Bonchev–Trinajstić information content (AvgIpc) is 2.86. The number of hydrogen-bond donors (Lipinski definition) is 1. The Bertz CT molecular complexity index is 990. The van der Waals surface area contributed by atoms with Crippen molar-refractivity contribution in [3.8, 4) is 11.5 Å². The minimum atomic E-state index is -0.271. The van der Waals surface area contributed by atoms with Crippen molar-refractivity contribution in [1.82, 2.24) is 4.90 Å². The fourth-order valence-electron chi connectivity index (χ4n) is 5.09. The molecular formula is C27H34N2O4. The first kappa shape index (κ1) is 23.1. The van der Waals surface area contributed by atoms with E-state index in [0.717, 1.165) is 31.8 Å². The van der Waals surface area contributed by atoms with Crippen LogP contribution in [0.3, 0.4) is 0 Å². The first-order chi connectivity index (χ1) is 16.1. The fourth-order valence-corrected chi connectivity index (χ4v) is 5.09.